The van der Waals surface area contributed by atoms with Crippen LogP contribution in [0.3, 0.4) is 0 Å². The second-order valence-corrected chi connectivity index (χ2v) is 5.97. The van der Waals surface area contributed by atoms with Gasteiger partial charge >= 0.3 is 7.60 Å². The number of nitrogens with zero attached hydrogens (tertiary/aromatic N) is 2. The van der Waals surface area contributed by atoms with Crippen LogP contribution >= 0.6 is 7.60 Å². The average molecular weight is 285 g/mol. The molecule has 0 radical (unpaired) electrons. The number of para-hydroxylation sites is 1. The smallest absolute Gasteiger partial charge is 0.350 e. The average Bonchev–Trinajstić information content (AvgIpc) is 2.71. The van der Waals surface area contributed by atoms with E-state index in [2.05, 4.69) is 4.98 Å². The number of imidazole rings is 1. The minimum absolute atomic E-state index is 0.341. The third-order valence-electron chi connectivity index (χ3n) is 2.66. The highest BCUT2D eigenvalue weighted by Crippen LogP contribution is 2.34. The van der Waals surface area contributed by atoms with E-state index in [4.69, 9.17) is 20.3 Å². The van der Waals surface area contributed by atoms with Crippen LogP contribution in [-0.4, -0.2) is 31.8 Å². The van der Waals surface area contributed by atoms with Crippen molar-refractivity contribution in [3.8, 4) is 0 Å². The zero-order valence-corrected chi connectivity index (χ0v) is 11.3. The van der Waals surface area contributed by atoms with E-state index < -0.39 is 13.9 Å². The molecule has 0 amide bonds. The third-order valence-corrected chi connectivity index (χ3v) is 3.15. The summed E-state index contributed by atoms with van der Waals surface area (Å²) >= 11 is 0. The normalized spacial score (nSPS) is 13.8. The Balaban J connectivity index is 2.09. The summed E-state index contributed by atoms with van der Waals surface area (Å²) in [5, 5.41) is 0. The number of hydrogen-bond donors (Lipinski definition) is 3. The number of nitrogens with two attached hydrogens (primary N) is 1. The molecule has 1 aromatic heterocycles. The van der Waals surface area contributed by atoms with E-state index in [1.54, 1.807) is 19.3 Å². The number of nitrogen functional groups attached to an aromatic ring is 1. The van der Waals surface area contributed by atoms with Crippen LogP contribution in [0.25, 0.3) is 11.0 Å². The van der Waals surface area contributed by atoms with Crippen molar-refractivity contribution < 1.29 is 19.1 Å². The molecule has 0 spiro atoms. The van der Waals surface area contributed by atoms with Crippen molar-refractivity contribution in [1.29, 1.82) is 0 Å². The number of rotatable bonds is 5. The van der Waals surface area contributed by atoms with Crippen molar-refractivity contribution in [2.75, 3.05) is 12.1 Å². The second-order valence-electron chi connectivity index (χ2n) is 4.38. The van der Waals surface area contributed by atoms with Gasteiger partial charge in [0.05, 0.1) is 30.2 Å². The van der Waals surface area contributed by atoms with E-state index in [-0.39, 0.29) is 6.10 Å². The Morgan fingerprint density at radius 2 is 2.26 bits per heavy atom. The molecule has 1 heterocycles. The third kappa shape index (κ3) is 3.54. The van der Waals surface area contributed by atoms with Crippen LogP contribution in [-0.2, 0) is 15.8 Å². The van der Waals surface area contributed by atoms with Gasteiger partial charge in [-0.3, -0.25) is 4.57 Å². The molecular weight excluding hydrogens is 269 g/mol. The van der Waals surface area contributed by atoms with Crippen molar-refractivity contribution in [3.05, 3.63) is 24.5 Å². The summed E-state index contributed by atoms with van der Waals surface area (Å²) in [6.07, 6.45) is 0.716. The molecule has 19 heavy (non-hydrogen) atoms. The molecule has 104 valence electrons. The van der Waals surface area contributed by atoms with Crippen molar-refractivity contribution in [3.63, 3.8) is 0 Å². The Kier molecular flexibility index (Phi) is 3.91. The van der Waals surface area contributed by atoms with E-state index in [1.165, 1.54) is 0 Å². The van der Waals surface area contributed by atoms with E-state index in [1.807, 2.05) is 16.7 Å². The Hall–Kier alpha value is -1.40. The minimum atomic E-state index is -4.13. The topological polar surface area (TPSA) is 111 Å². The fourth-order valence-corrected chi connectivity index (χ4v) is 2.26. The zero-order valence-electron chi connectivity index (χ0n) is 10.4. The highest BCUT2D eigenvalue weighted by molar-refractivity contribution is 7.51. The first-order valence-corrected chi connectivity index (χ1v) is 7.52. The maximum Gasteiger partial charge on any atom is 0.350 e. The lowest BCUT2D eigenvalue weighted by atomic mass is 10.2. The predicted octanol–water partition coefficient (Wildman–Crippen LogP) is 1.16. The molecule has 0 fully saturated rings. The first kappa shape index (κ1) is 14.0. The fraction of sp³-hybridized carbons (Fsp3) is 0.364. The van der Waals surface area contributed by atoms with Crippen molar-refractivity contribution >= 4 is 24.3 Å². The summed E-state index contributed by atoms with van der Waals surface area (Å²) in [4.78, 5) is 21.7. The number of ether oxygens (including phenoxy) is 1. The van der Waals surface area contributed by atoms with Crippen LogP contribution in [0.4, 0.5) is 5.69 Å². The number of benzene rings is 1. The van der Waals surface area contributed by atoms with Gasteiger partial charge in [0.15, 0.2) is 0 Å². The van der Waals surface area contributed by atoms with Gasteiger partial charge in [0.2, 0.25) is 0 Å². The summed E-state index contributed by atoms with van der Waals surface area (Å²) in [5.74, 6) is 0. The van der Waals surface area contributed by atoms with E-state index in [0.29, 0.717) is 17.7 Å². The largest absolute Gasteiger partial charge is 0.397 e. The molecule has 1 atom stereocenters. The molecule has 0 aliphatic rings. The van der Waals surface area contributed by atoms with Crippen molar-refractivity contribution in [1.82, 2.24) is 9.55 Å². The van der Waals surface area contributed by atoms with Gasteiger partial charge in [0.25, 0.3) is 0 Å². The monoisotopic (exact) mass is 285 g/mol. The molecule has 2 rings (SSSR count). The summed E-state index contributed by atoms with van der Waals surface area (Å²) in [5.41, 5.74) is 7.98. The van der Waals surface area contributed by atoms with Gasteiger partial charge in [0.1, 0.15) is 11.9 Å². The van der Waals surface area contributed by atoms with E-state index >= 15 is 0 Å². The molecule has 4 N–H and O–H groups in total. The van der Waals surface area contributed by atoms with Gasteiger partial charge in [0, 0.05) is 0 Å². The minimum Gasteiger partial charge on any atom is -0.397 e. The lowest BCUT2D eigenvalue weighted by molar-refractivity contribution is 0.0765. The maximum absolute atomic E-state index is 10.7. The van der Waals surface area contributed by atoms with Crippen LogP contribution in [0.2, 0.25) is 0 Å². The SMILES string of the molecule is C[C@H](Cn1cnc2c(N)cccc21)OCP(=O)(O)O. The molecule has 0 saturated heterocycles. The molecule has 7 nitrogen and oxygen atoms in total. The predicted molar refractivity (Wildman–Crippen MR) is 71.6 cm³/mol. The Morgan fingerprint density at radius 3 is 2.95 bits per heavy atom. The van der Waals surface area contributed by atoms with Gasteiger partial charge in [-0.25, -0.2) is 4.98 Å². The molecule has 1 aromatic carbocycles. The lowest BCUT2D eigenvalue weighted by Crippen LogP contribution is -2.16. The Morgan fingerprint density at radius 1 is 1.53 bits per heavy atom. The van der Waals surface area contributed by atoms with Crippen LogP contribution in [0.15, 0.2) is 24.5 Å². The molecule has 8 heteroatoms. The molecule has 0 aliphatic carbocycles. The molecule has 0 unspecified atom stereocenters. The molecular formula is C11H16N3O4P. The van der Waals surface area contributed by atoms with Gasteiger partial charge < -0.3 is 24.8 Å². The number of aromatic nitrogens is 2. The molecule has 0 saturated carbocycles. The molecule has 0 aliphatic heterocycles. The maximum atomic E-state index is 10.7. The van der Waals surface area contributed by atoms with Crippen LogP contribution in [0, 0.1) is 0 Å². The highest BCUT2D eigenvalue weighted by atomic mass is 31.2. The second kappa shape index (κ2) is 5.30. The van der Waals surface area contributed by atoms with Gasteiger partial charge in [-0.05, 0) is 19.1 Å². The first-order valence-electron chi connectivity index (χ1n) is 5.72. The fourth-order valence-electron chi connectivity index (χ4n) is 1.81. The van der Waals surface area contributed by atoms with Crippen molar-refractivity contribution in [2.24, 2.45) is 0 Å². The first-order chi connectivity index (χ1) is 8.87. The molecule has 2 aromatic rings. The zero-order chi connectivity index (χ0) is 14.0. The summed E-state index contributed by atoms with van der Waals surface area (Å²) in [6.45, 7) is 2.19. The van der Waals surface area contributed by atoms with Crippen LogP contribution < -0.4 is 5.73 Å². The number of fused-ring (bicyclic) bond motifs is 1. The van der Waals surface area contributed by atoms with Crippen LogP contribution in [0.5, 0.6) is 0 Å². The quantitative estimate of drug-likeness (QED) is 0.561. The Bertz CT molecular complexity index is 621. The lowest BCUT2D eigenvalue weighted by Gasteiger charge is -2.14. The summed E-state index contributed by atoms with van der Waals surface area (Å²) < 4.78 is 17.7. The van der Waals surface area contributed by atoms with Gasteiger partial charge in [-0.2, -0.15) is 0 Å². The standard InChI is InChI=1S/C11H16N3O4P/c1-8(18-7-19(15,16)17)5-14-6-13-11-9(12)3-2-4-10(11)14/h2-4,6,8H,5,7,12H2,1H3,(H2,15,16,17)/t8-/m1/s1. The van der Waals surface area contributed by atoms with Gasteiger partial charge in [-0.1, -0.05) is 6.07 Å². The number of hydrogen-bond acceptors (Lipinski definition) is 4. The van der Waals surface area contributed by atoms with Crippen molar-refractivity contribution in [2.45, 2.75) is 19.6 Å². The molecule has 0 bridgehead atoms. The Labute approximate surface area is 110 Å². The summed E-state index contributed by atoms with van der Waals surface area (Å²) in [6, 6.07) is 5.48. The van der Waals surface area contributed by atoms with E-state index in [0.717, 1.165) is 5.52 Å². The van der Waals surface area contributed by atoms with Crippen LogP contribution in [0.1, 0.15) is 6.92 Å². The summed E-state index contributed by atoms with van der Waals surface area (Å²) in [7, 11) is -4.13. The van der Waals surface area contributed by atoms with Gasteiger partial charge in [-0.15, -0.1) is 0 Å². The number of anilines is 1. The highest BCUT2D eigenvalue weighted by Gasteiger charge is 2.16. The van der Waals surface area contributed by atoms with E-state index in [9.17, 15) is 4.57 Å².